The number of fused-ring (bicyclic) bond motifs is 2. The maximum atomic E-state index is 9.38. The van der Waals surface area contributed by atoms with Crippen LogP contribution in [0.4, 0.5) is 5.95 Å². The van der Waals surface area contributed by atoms with Crippen molar-refractivity contribution in [1.29, 1.82) is 0 Å². The zero-order valence-corrected chi connectivity index (χ0v) is 12.5. The lowest BCUT2D eigenvalue weighted by molar-refractivity contribution is 0.300. The molecular weight excluding hydrogens is 290 g/mol. The lowest BCUT2D eigenvalue weighted by atomic mass is 10.3. The fraction of sp³-hybridized carbons (Fsp3) is 0.176. The summed E-state index contributed by atoms with van der Waals surface area (Å²) < 4.78 is 0. The predicted octanol–water partition coefficient (Wildman–Crippen LogP) is 2.44. The van der Waals surface area contributed by atoms with Crippen LogP contribution in [0.2, 0.25) is 0 Å². The first-order valence-electron chi connectivity index (χ1n) is 7.57. The average molecular weight is 307 g/mol. The molecule has 3 N–H and O–H groups in total. The maximum absolute atomic E-state index is 9.38. The Labute approximate surface area is 132 Å². The van der Waals surface area contributed by atoms with Crippen molar-refractivity contribution in [3.8, 4) is 0 Å². The van der Waals surface area contributed by atoms with Gasteiger partial charge in [-0.3, -0.25) is 0 Å². The Morgan fingerprint density at radius 1 is 0.870 bits per heavy atom. The molecule has 0 fully saturated rings. The number of imidazole rings is 2. The van der Waals surface area contributed by atoms with Crippen LogP contribution in [-0.4, -0.2) is 38.2 Å². The summed E-state index contributed by atoms with van der Waals surface area (Å²) in [6.45, 7) is 1.09. The van der Waals surface area contributed by atoms with E-state index in [4.69, 9.17) is 0 Å². The Balaban J connectivity index is 1.66. The van der Waals surface area contributed by atoms with Crippen LogP contribution in [-0.2, 0) is 6.54 Å². The van der Waals surface area contributed by atoms with Crippen LogP contribution in [0.25, 0.3) is 22.1 Å². The molecule has 0 bridgehead atoms. The van der Waals surface area contributed by atoms with Gasteiger partial charge in [0, 0.05) is 6.54 Å². The maximum Gasteiger partial charge on any atom is 0.204 e. The standard InChI is InChI=1S/C17H17N5O/c23-10-9-22(17-20-14-7-3-4-8-15(14)21-17)11-16-18-12-5-1-2-6-13(12)19-16/h1-8,23H,9-11H2,(H,18,19)(H,20,21). The predicted molar refractivity (Wildman–Crippen MR) is 90.3 cm³/mol. The van der Waals surface area contributed by atoms with E-state index in [1.807, 2.05) is 53.4 Å². The Morgan fingerprint density at radius 2 is 1.52 bits per heavy atom. The summed E-state index contributed by atoms with van der Waals surface area (Å²) in [7, 11) is 0. The molecular formula is C17H17N5O. The summed E-state index contributed by atoms with van der Waals surface area (Å²) in [5.74, 6) is 1.58. The number of aromatic amines is 2. The number of hydrogen-bond acceptors (Lipinski definition) is 4. The summed E-state index contributed by atoms with van der Waals surface area (Å²) in [5.41, 5.74) is 3.84. The number of aliphatic hydroxyl groups is 1. The van der Waals surface area contributed by atoms with Crippen molar-refractivity contribution in [3.05, 3.63) is 54.4 Å². The van der Waals surface area contributed by atoms with Gasteiger partial charge in [-0.25, -0.2) is 9.97 Å². The topological polar surface area (TPSA) is 80.8 Å². The molecule has 0 unspecified atom stereocenters. The number of benzene rings is 2. The molecule has 116 valence electrons. The highest BCUT2D eigenvalue weighted by Crippen LogP contribution is 2.19. The Hall–Kier alpha value is -2.86. The van der Waals surface area contributed by atoms with Gasteiger partial charge in [-0.1, -0.05) is 24.3 Å². The van der Waals surface area contributed by atoms with Crippen LogP contribution in [0, 0.1) is 0 Å². The first kappa shape index (κ1) is 13.8. The molecule has 0 aliphatic carbocycles. The minimum Gasteiger partial charge on any atom is -0.395 e. The Kier molecular flexibility index (Phi) is 3.44. The molecule has 2 aromatic carbocycles. The Morgan fingerprint density at radius 3 is 2.17 bits per heavy atom. The highest BCUT2D eigenvalue weighted by molar-refractivity contribution is 5.77. The van der Waals surface area contributed by atoms with Gasteiger partial charge in [0.25, 0.3) is 0 Å². The van der Waals surface area contributed by atoms with Crippen molar-refractivity contribution >= 4 is 28.0 Å². The number of aromatic nitrogens is 4. The van der Waals surface area contributed by atoms with Crippen molar-refractivity contribution in [2.24, 2.45) is 0 Å². The minimum atomic E-state index is 0.0529. The van der Waals surface area contributed by atoms with Gasteiger partial charge < -0.3 is 20.0 Å². The molecule has 0 saturated carbocycles. The number of anilines is 1. The first-order chi connectivity index (χ1) is 11.3. The van der Waals surface area contributed by atoms with Crippen molar-refractivity contribution in [1.82, 2.24) is 19.9 Å². The van der Waals surface area contributed by atoms with Gasteiger partial charge in [0.1, 0.15) is 5.82 Å². The second-order valence-corrected chi connectivity index (χ2v) is 5.42. The quantitative estimate of drug-likeness (QED) is 0.529. The van der Waals surface area contributed by atoms with Crippen molar-refractivity contribution in [2.75, 3.05) is 18.1 Å². The smallest absolute Gasteiger partial charge is 0.204 e. The van der Waals surface area contributed by atoms with Gasteiger partial charge in [0.2, 0.25) is 5.95 Å². The SMILES string of the molecule is OCCN(Cc1nc2ccccc2[nH]1)c1nc2ccccc2[nH]1. The lowest BCUT2D eigenvalue weighted by Crippen LogP contribution is -2.27. The highest BCUT2D eigenvalue weighted by Gasteiger charge is 2.13. The van der Waals surface area contributed by atoms with E-state index in [0.29, 0.717) is 13.1 Å². The van der Waals surface area contributed by atoms with Gasteiger partial charge in [-0.05, 0) is 24.3 Å². The van der Waals surface area contributed by atoms with Crippen LogP contribution < -0.4 is 4.90 Å². The number of para-hydroxylation sites is 4. The van der Waals surface area contributed by atoms with Gasteiger partial charge in [0.15, 0.2) is 0 Å². The van der Waals surface area contributed by atoms with Gasteiger partial charge >= 0.3 is 0 Å². The van der Waals surface area contributed by atoms with Crippen LogP contribution in [0.5, 0.6) is 0 Å². The van der Waals surface area contributed by atoms with Crippen LogP contribution in [0.3, 0.4) is 0 Å². The van der Waals surface area contributed by atoms with Crippen LogP contribution in [0.15, 0.2) is 48.5 Å². The third-order valence-corrected chi connectivity index (χ3v) is 3.83. The van der Waals surface area contributed by atoms with E-state index in [2.05, 4.69) is 19.9 Å². The second kappa shape index (κ2) is 5.73. The summed E-state index contributed by atoms with van der Waals surface area (Å²) in [4.78, 5) is 17.8. The number of hydrogen-bond donors (Lipinski definition) is 3. The average Bonchev–Trinajstić information content (AvgIpc) is 3.17. The molecule has 4 rings (SSSR count). The van der Waals surface area contributed by atoms with E-state index in [9.17, 15) is 5.11 Å². The van der Waals surface area contributed by atoms with E-state index in [-0.39, 0.29) is 6.61 Å². The monoisotopic (exact) mass is 307 g/mol. The van der Waals surface area contributed by atoms with Crippen LogP contribution in [0.1, 0.15) is 5.82 Å². The summed E-state index contributed by atoms with van der Waals surface area (Å²) in [5, 5.41) is 9.38. The van der Waals surface area contributed by atoms with E-state index < -0.39 is 0 Å². The van der Waals surface area contributed by atoms with E-state index in [1.165, 1.54) is 0 Å². The molecule has 6 heteroatoms. The zero-order valence-electron chi connectivity index (χ0n) is 12.5. The highest BCUT2D eigenvalue weighted by atomic mass is 16.3. The zero-order chi connectivity index (χ0) is 15.6. The molecule has 2 aromatic heterocycles. The van der Waals surface area contributed by atoms with Gasteiger partial charge in [0.05, 0.1) is 35.2 Å². The van der Waals surface area contributed by atoms with Gasteiger partial charge in [-0.2, -0.15) is 0 Å². The molecule has 0 amide bonds. The fourth-order valence-corrected chi connectivity index (χ4v) is 2.73. The van der Waals surface area contributed by atoms with Gasteiger partial charge in [-0.15, -0.1) is 0 Å². The summed E-state index contributed by atoms with van der Waals surface area (Å²) in [6.07, 6.45) is 0. The van der Waals surface area contributed by atoms with Crippen molar-refractivity contribution in [3.63, 3.8) is 0 Å². The number of nitrogens with one attached hydrogen (secondary N) is 2. The summed E-state index contributed by atoms with van der Waals surface area (Å²) in [6, 6.07) is 15.8. The lowest BCUT2D eigenvalue weighted by Gasteiger charge is -2.19. The normalized spacial score (nSPS) is 11.3. The molecule has 2 heterocycles. The third kappa shape index (κ3) is 2.64. The van der Waals surface area contributed by atoms with Crippen LogP contribution >= 0.6 is 0 Å². The molecule has 0 aliphatic heterocycles. The first-order valence-corrected chi connectivity index (χ1v) is 7.57. The molecule has 0 radical (unpaired) electrons. The van der Waals surface area contributed by atoms with E-state index in [0.717, 1.165) is 33.8 Å². The molecule has 6 nitrogen and oxygen atoms in total. The molecule has 0 aliphatic rings. The Bertz CT molecular complexity index is 876. The fourth-order valence-electron chi connectivity index (χ4n) is 2.73. The molecule has 0 atom stereocenters. The number of nitrogens with zero attached hydrogens (tertiary/aromatic N) is 3. The second-order valence-electron chi connectivity index (χ2n) is 5.42. The number of rotatable bonds is 5. The minimum absolute atomic E-state index is 0.0529. The third-order valence-electron chi connectivity index (χ3n) is 3.83. The largest absolute Gasteiger partial charge is 0.395 e. The van der Waals surface area contributed by atoms with E-state index >= 15 is 0 Å². The molecule has 0 saturated heterocycles. The van der Waals surface area contributed by atoms with Crippen molar-refractivity contribution in [2.45, 2.75) is 6.54 Å². The summed E-state index contributed by atoms with van der Waals surface area (Å²) >= 11 is 0. The molecule has 4 aromatic rings. The molecule has 23 heavy (non-hydrogen) atoms. The number of aliphatic hydroxyl groups excluding tert-OH is 1. The molecule has 0 spiro atoms. The van der Waals surface area contributed by atoms with Crippen molar-refractivity contribution < 1.29 is 5.11 Å². The van der Waals surface area contributed by atoms with E-state index in [1.54, 1.807) is 0 Å². The number of H-pyrrole nitrogens is 2.